The van der Waals surface area contributed by atoms with E-state index in [2.05, 4.69) is 27.3 Å². The zero-order valence-corrected chi connectivity index (χ0v) is 17.9. The number of aromatic nitrogens is 1. The van der Waals surface area contributed by atoms with Gasteiger partial charge in [0.15, 0.2) is 17.2 Å². The molecule has 0 saturated carbocycles. The summed E-state index contributed by atoms with van der Waals surface area (Å²) < 4.78 is 21.8. The fourth-order valence-electron chi connectivity index (χ4n) is 3.66. The van der Waals surface area contributed by atoms with Crippen LogP contribution in [-0.4, -0.2) is 22.6 Å². The van der Waals surface area contributed by atoms with Crippen molar-refractivity contribution >= 4 is 5.91 Å². The number of amides is 1. The third-order valence-electron chi connectivity index (χ3n) is 5.24. The summed E-state index contributed by atoms with van der Waals surface area (Å²) >= 11 is 0. The Bertz CT molecular complexity index is 1200. The first-order valence-electron chi connectivity index (χ1n) is 10.6. The number of nitrogens with zero attached hydrogens (tertiary/aromatic N) is 2. The topological polar surface area (TPSA) is 90.0 Å². The van der Waals surface area contributed by atoms with Crippen molar-refractivity contribution in [3.63, 3.8) is 0 Å². The molecule has 8 nitrogen and oxygen atoms in total. The molecule has 0 atom stereocenters. The number of fused-ring (bicyclic) bond motifs is 1. The minimum atomic E-state index is -0.313. The molecule has 3 heterocycles. The van der Waals surface area contributed by atoms with Crippen molar-refractivity contribution < 1.29 is 23.1 Å². The van der Waals surface area contributed by atoms with Crippen molar-refractivity contribution in [2.45, 2.75) is 26.2 Å². The van der Waals surface area contributed by atoms with Crippen LogP contribution in [0.15, 0.2) is 82.0 Å². The van der Waals surface area contributed by atoms with Gasteiger partial charge in [-0.2, -0.15) is 0 Å². The molecule has 1 aliphatic heterocycles. The maximum atomic E-state index is 12.4. The second kappa shape index (κ2) is 9.62. The molecule has 0 bridgehead atoms. The number of oxazole rings is 1. The summed E-state index contributed by atoms with van der Waals surface area (Å²) in [4.78, 5) is 19.0. The second-order valence-electron chi connectivity index (χ2n) is 7.71. The van der Waals surface area contributed by atoms with Crippen LogP contribution in [0.4, 0.5) is 0 Å². The van der Waals surface area contributed by atoms with E-state index in [-0.39, 0.29) is 24.9 Å². The molecule has 2 aromatic carbocycles. The first-order chi connectivity index (χ1) is 16.2. The number of furan rings is 1. The van der Waals surface area contributed by atoms with Gasteiger partial charge in [-0.1, -0.05) is 36.4 Å². The molecule has 33 heavy (non-hydrogen) atoms. The number of carbonyl (C=O) groups is 1. The third-order valence-corrected chi connectivity index (χ3v) is 5.24. The van der Waals surface area contributed by atoms with Crippen molar-refractivity contribution in [2.75, 3.05) is 6.79 Å². The number of ether oxygens (including phenoxy) is 2. The Kier molecular flexibility index (Phi) is 6.08. The number of benzene rings is 2. The van der Waals surface area contributed by atoms with E-state index in [0.717, 1.165) is 17.1 Å². The average Bonchev–Trinajstić information content (AvgIpc) is 3.60. The molecule has 0 fully saturated rings. The van der Waals surface area contributed by atoms with Crippen molar-refractivity contribution in [1.82, 2.24) is 15.2 Å². The predicted molar refractivity (Wildman–Crippen MR) is 118 cm³/mol. The highest BCUT2D eigenvalue weighted by molar-refractivity contribution is 5.91. The van der Waals surface area contributed by atoms with Crippen LogP contribution in [-0.2, 0) is 26.2 Å². The van der Waals surface area contributed by atoms with E-state index < -0.39 is 0 Å². The zero-order chi connectivity index (χ0) is 22.5. The molecule has 1 amide bonds. The SMILES string of the molecule is O=C(NCc1ccco1)c1coc(CN(Cc2ccccc2)Cc2ccc3c(c2)OCO3)n1. The summed E-state index contributed by atoms with van der Waals surface area (Å²) in [6.07, 6.45) is 2.95. The quantitative estimate of drug-likeness (QED) is 0.414. The molecule has 0 aliphatic carbocycles. The van der Waals surface area contributed by atoms with Gasteiger partial charge in [0.1, 0.15) is 12.0 Å². The molecule has 0 radical (unpaired) electrons. The van der Waals surface area contributed by atoms with Crippen LogP contribution in [0, 0.1) is 0 Å². The molecule has 5 rings (SSSR count). The second-order valence-corrected chi connectivity index (χ2v) is 7.71. The Balaban J connectivity index is 1.28. The average molecular weight is 445 g/mol. The smallest absolute Gasteiger partial charge is 0.273 e. The first kappa shape index (κ1) is 20.8. The Morgan fingerprint density at radius 3 is 2.61 bits per heavy atom. The molecule has 4 aromatic rings. The van der Waals surface area contributed by atoms with Crippen molar-refractivity contribution in [3.05, 3.63) is 102 Å². The minimum absolute atomic E-state index is 0.235. The standard InChI is InChI=1S/C25H23N3O5/c29-25(26-12-20-7-4-10-30-20)21-16-31-24(27-21)15-28(13-18-5-2-1-3-6-18)14-19-8-9-22-23(11-19)33-17-32-22/h1-11,16H,12-15,17H2,(H,26,29). The van der Waals surface area contributed by atoms with Crippen LogP contribution in [0.25, 0.3) is 0 Å². The van der Waals surface area contributed by atoms with Crippen molar-refractivity contribution in [3.8, 4) is 11.5 Å². The lowest BCUT2D eigenvalue weighted by Crippen LogP contribution is -2.24. The number of hydrogen-bond acceptors (Lipinski definition) is 7. The highest BCUT2D eigenvalue weighted by atomic mass is 16.7. The van der Waals surface area contributed by atoms with E-state index >= 15 is 0 Å². The maximum absolute atomic E-state index is 12.4. The number of rotatable bonds is 9. The Labute approximate surface area is 190 Å². The fourth-order valence-corrected chi connectivity index (χ4v) is 3.66. The highest BCUT2D eigenvalue weighted by Crippen LogP contribution is 2.33. The number of nitrogens with one attached hydrogen (secondary N) is 1. The third kappa shape index (κ3) is 5.24. The van der Waals surface area contributed by atoms with E-state index in [9.17, 15) is 4.79 Å². The van der Waals surface area contributed by atoms with Crippen molar-refractivity contribution in [1.29, 1.82) is 0 Å². The van der Waals surface area contributed by atoms with Crippen LogP contribution in [0.3, 0.4) is 0 Å². The summed E-state index contributed by atoms with van der Waals surface area (Å²) in [5.41, 5.74) is 2.48. The molecular weight excluding hydrogens is 422 g/mol. The summed E-state index contributed by atoms with van der Waals surface area (Å²) in [6.45, 7) is 2.31. The van der Waals surface area contributed by atoms with E-state index in [4.69, 9.17) is 18.3 Å². The molecule has 168 valence electrons. The normalized spacial score (nSPS) is 12.3. The maximum Gasteiger partial charge on any atom is 0.273 e. The van der Waals surface area contributed by atoms with E-state index in [1.54, 1.807) is 18.4 Å². The molecule has 2 aromatic heterocycles. The number of hydrogen-bond donors (Lipinski definition) is 1. The lowest BCUT2D eigenvalue weighted by molar-refractivity contribution is 0.0943. The Hall–Kier alpha value is -4.04. The lowest BCUT2D eigenvalue weighted by atomic mass is 10.1. The summed E-state index contributed by atoms with van der Waals surface area (Å²) in [7, 11) is 0. The van der Waals surface area contributed by atoms with Gasteiger partial charge in [-0.25, -0.2) is 4.98 Å². The van der Waals surface area contributed by atoms with Crippen molar-refractivity contribution in [2.24, 2.45) is 0 Å². The summed E-state index contributed by atoms with van der Waals surface area (Å²) in [6, 6.07) is 19.7. The minimum Gasteiger partial charge on any atom is -0.467 e. The zero-order valence-electron chi connectivity index (χ0n) is 17.9. The summed E-state index contributed by atoms with van der Waals surface area (Å²) in [5, 5.41) is 2.78. The largest absolute Gasteiger partial charge is 0.467 e. The molecular formula is C25H23N3O5. The van der Waals surface area contributed by atoms with Gasteiger partial charge in [0, 0.05) is 13.1 Å². The van der Waals surface area contributed by atoms with Gasteiger partial charge < -0.3 is 23.6 Å². The van der Waals surface area contributed by atoms with Gasteiger partial charge in [-0.3, -0.25) is 9.69 Å². The van der Waals surface area contributed by atoms with Gasteiger partial charge >= 0.3 is 0 Å². The van der Waals surface area contributed by atoms with E-state index in [1.807, 2.05) is 36.4 Å². The Morgan fingerprint density at radius 1 is 0.909 bits per heavy atom. The molecule has 1 aliphatic rings. The van der Waals surface area contributed by atoms with E-state index in [1.165, 1.54) is 11.8 Å². The van der Waals surface area contributed by atoms with Gasteiger partial charge in [0.2, 0.25) is 12.7 Å². The first-order valence-corrected chi connectivity index (χ1v) is 10.6. The molecule has 8 heteroatoms. The predicted octanol–water partition coefficient (Wildman–Crippen LogP) is 4.13. The molecule has 0 saturated heterocycles. The highest BCUT2D eigenvalue weighted by Gasteiger charge is 2.18. The van der Waals surface area contributed by atoms with E-state index in [0.29, 0.717) is 31.3 Å². The van der Waals surface area contributed by atoms with Crippen LogP contribution >= 0.6 is 0 Å². The van der Waals surface area contributed by atoms with Gasteiger partial charge in [0.05, 0.1) is 19.4 Å². The van der Waals surface area contributed by atoms with Gasteiger partial charge in [-0.05, 0) is 35.4 Å². The number of carbonyl (C=O) groups excluding carboxylic acids is 1. The summed E-state index contributed by atoms with van der Waals surface area (Å²) in [5.74, 6) is 2.33. The Morgan fingerprint density at radius 2 is 1.76 bits per heavy atom. The molecule has 1 N–H and O–H groups in total. The van der Waals surface area contributed by atoms with Gasteiger partial charge in [-0.15, -0.1) is 0 Å². The van der Waals surface area contributed by atoms with Crippen LogP contribution in [0.2, 0.25) is 0 Å². The van der Waals surface area contributed by atoms with Crippen LogP contribution in [0.1, 0.15) is 33.3 Å². The fraction of sp³-hybridized carbons (Fsp3) is 0.200. The molecule has 0 unspecified atom stereocenters. The van der Waals surface area contributed by atoms with Crippen LogP contribution in [0.5, 0.6) is 11.5 Å². The lowest BCUT2D eigenvalue weighted by Gasteiger charge is -2.21. The monoisotopic (exact) mass is 445 g/mol. The molecule has 0 spiro atoms. The van der Waals surface area contributed by atoms with Gasteiger partial charge in [0.25, 0.3) is 5.91 Å². The van der Waals surface area contributed by atoms with Crippen LogP contribution < -0.4 is 14.8 Å².